The Morgan fingerprint density at radius 2 is 2.12 bits per heavy atom. The third kappa shape index (κ3) is 3.13. The number of carbonyl (C=O) groups excluding carboxylic acids is 1. The van der Waals surface area contributed by atoms with E-state index in [1.165, 1.54) is 0 Å². The van der Waals surface area contributed by atoms with Gasteiger partial charge in [0, 0.05) is 11.0 Å². The predicted octanol–water partition coefficient (Wildman–Crippen LogP) is 1.95. The Bertz CT molecular complexity index is 404. The SMILES string of the molecule is CC(C)(CNc1cc(Br)ccc1N)C(N)=O. The van der Waals surface area contributed by atoms with Gasteiger partial charge in [0.1, 0.15) is 0 Å². The summed E-state index contributed by atoms with van der Waals surface area (Å²) in [7, 11) is 0. The molecule has 0 aliphatic heterocycles. The molecular weight excluding hydrogens is 270 g/mol. The summed E-state index contributed by atoms with van der Waals surface area (Å²) < 4.78 is 0.932. The quantitative estimate of drug-likeness (QED) is 0.740. The Morgan fingerprint density at radius 3 is 2.69 bits per heavy atom. The molecule has 0 saturated carbocycles. The number of halogens is 1. The molecular formula is C11H16BrN3O. The van der Waals surface area contributed by atoms with Gasteiger partial charge in [0.2, 0.25) is 5.91 Å². The molecule has 88 valence electrons. The van der Waals surface area contributed by atoms with Gasteiger partial charge in [-0.3, -0.25) is 4.79 Å². The molecule has 0 aliphatic rings. The summed E-state index contributed by atoms with van der Waals surface area (Å²) in [6.45, 7) is 4.02. The highest BCUT2D eigenvalue weighted by Gasteiger charge is 2.24. The van der Waals surface area contributed by atoms with Gasteiger partial charge in [0.25, 0.3) is 0 Å². The van der Waals surface area contributed by atoms with Gasteiger partial charge in [0.15, 0.2) is 0 Å². The average Bonchev–Trinajstić information content (AvgIpc) is 2.19. The van der Waals surface area contributed by atoms with Crippen LogP contribution in [0.1, 0.15) is 13.8 Å². The topological polar surface area (TPSA) is 81.1 Å². The van der Waals surface area contributed by atoms with Gasteiger partial charge in [-0.1, -0.05) is 15.9 Å². The van der Waals surface area contributed by atoms with Crippen molar-refractivity contribution < 1.29 is 4.79 Å². The summed E-state index contributed by atoms with van der Waals surface area (Å²) in [5.74, 6) is -0.339. The van der Waals surface area contributed by atoms with Crippen LogP contribution in [0.5, 0.6) is 0 Å². The van der Waals surface area contributed by atoms with Crippen molar-refractivity contribution >= 4 is 33.2 Å². The number of hydrogen-bond acceptors (Lipinski definition) is 3. The second-order valence-corrected chi connectivity index (χ2v) is 5.25. The molecule has 0 heterocycles. The Hall–Kier alpha value is -1.23. The maximum atomic E-state index is 11.1. The van der Waals surface area contributed by atoms with Gasteiger partial charge in [-0.15, -0.1) is 0 Å². The van der Waals surface area contributed by atoms with Crippen LogP contribution in [0.2, 0.25) is 0 Å². The fourth-order valence-corrected chi connectivity index (χ4v) is 1.45. The first kappa shape index (κ1) is 12.8. The number of amides is 1. The lowest BCUT2D eigenvalue weighted by molar-refractivity contribution is -0.125. The fourth-order valence-electron chi connectivity index (χ4n) is 1.08. The van der Waals surface area contributed by atoms with Gasteiger partial charge in [-0.2, -0.15) is 0 Å². The highest BCUT2D eigenvalue weighted by atomic mass is 79.9. The van der Waals surface area contributed by atoms with Crippen LogP contribution in [0.15, 0.2) is 22.7 Å². The van der Waals surface area contributed by atoms with Gasteiger partial charge in [-0.05, 0) is 32.0 Å². The monoisotopic (exact) mass is 285 g/mol. The van der Waals surface area contributed by atoms with E-state index in [1.807, 2.05) is 12.1 Å². The molecule has 5 heteroatoms. The second kappa shape index (κ2) is 4.74. The van der Waals surface area contributed by atoms with E-state index in [4.69, 9.17) is 11.5 Å². The third-order valence-electron chi connectivity index (χ3n) is 2.40. The number of carbonyl (C=O) groups is 1. The Kier molecular flexibility index (Phi) is 3.80. The zero-order chi connectivity index (χ0) is 12.3. The summed E-state index contributed by atoms with van der Waals surface area (Å²) in [5.41, 5.74) is 11.9. The molecule has 0 atom stereocenters. The van der Waals surface area contributed by atoms with E-state index in [0.717, 1.165) is 10.2 Å². The smallest absolute Gasteiger partial charge is 0.224 e. The van der Waals surface area contributed by atoms with Crippen LogP contribution in [-0.2, 0) is 4.79 Å². The molecule has 1 aromatic carbocycles. The highest BCUT2D eigenvalue weighted by molar-refractivity contribution is 9.10. The Balaban J connectivity index is 2.75. The number of primary amides is 1. The molecule has 5 N–H and O–H groups in total. The number of rotatable bonds is 4. The number of nitrogen functional groups attached to an aromatic ring is 1. The normalized spacial score (nSPS) is 11.2. The van der Waals surface area contributed by atoms with Crippen LogP contribution < -0.4 is 16.8 Å². The molecule has 4 nitrogen and oxygen atoms in total. The summed E-state index contributed by atoms with van der Waals surface area (Å²) >= 11 is 3.36. The zero-order valence-electron chi connectivity index (χ0n) is 9.38. The van der Waals surface area contributed by atoms with Crippen LogP contribution in [0, 0.1) is 5.41 Å². The molecule has 0 aliphatic carbocycles. The molecule has 0 fully saturated rings. The van der Waals surface area contributed by atoms with Crippen molar-refractivity contribution in [3.05, 3.63) is 22.7 Å². The minimum absolute atomic E-state index is 0.339. The second-order valence-electron chi connectivity index (χ2n) is 4.33. The van der Waals surface area contributed by atoms with E-state index >= 15 is 0 Å². The van der Waals surface area contributed by atoms with Crippen molar-refractivity contribution in [1.29, 1.82) is 0 Å². The number of nitrogens with two attached hydrogens (primary N) is 2. The lowest BCUT2D eigenvalue weighted by Gasteiger charge is -2.22. The van der Waals surface area contributed by atoms with Crippen molar-refractivity contribution in [1.82, 2.24) is 0 Å². The molecule has 0 unspecified atom stereocenters. The van der Waals surface area contributed by atoms with Crippen molar-refractivity contribution in [3.63, 3.8) is 0 Å². The lowest BCUT2D eigenvalue weighted by atomic mass is 9.92. The summed E-state index contributed by atoms with van der Waals surface area (Å²) in [5, 5.41) is 3.12. The standard InChI is InChI=1S/C11H16BrN3O/c1-11(2,10(14)16)6-15-9-5-7(12)3-4-8(9)13/h3-5,15H,6,13H2,1-2H3,(H2,14,16). The third-order valence-corrected chi connectivity index (χ3v) is 2.90. The molecule has 0 spiro atoms. The van der Waals surface area contributed by atoms with Crippen molar-refractivity contribution in [3.8, 4) is 0 Å². The van der Waals surface area contributed by atoms with Gasteiger partial charge in [0.05, 0.1) is 16.8 Å². The zero-order valence-corrected chi connectivity index (χ0v) is 11.0. The fraction of sp³-hybridized carbons (Fsp3) is 0.364. The van der Waals surface area contributed by atoms with Gasteiger partial charge >= 0.3 is 0 Å². The summed E-state index contributed by atoms with van der Waals surface area (Å²) in [4.78, 5) is 11.1. The first-order chi connectivity index (χ1) is 7.33. The van der Waals surface area contributed by atoms with Crippen LogP contribution in [-0.4, -0.2) is 12.5 Å². The molecule has 0 bridgehead atoms. The molecule has 1 rings (SSSR count). The maximum Gasteiger partial charge on any atom is 0.224 e. The molecule has 16 heavy (non-hydrogen) atoms. The highest BCUT2D eigenvalue weighted by Crippen LogP contribution is 2.25. The largest absolute Gasteiger partial charge is 0.397 e. The molecule has 0 saturated heterocycles. The van der Waals surface area contributed by atoms with E-state index < -0.39 is 5.41 Å². The van der Waals surface area contributed by atoms with Crippen LogP contribution in [0.3, 0.4) is 0 Å². The Morgan fingerprint density at radius 1 is 1.50 bits per heavy atom. The van der Waals surface area contributed by atoms with Crippen molar-refractivity contribution in [2.75, 3.05) is 17.6 Å². The molecule has 0 aromatic heterocycles. The maximum absolute atomic E-state index is 11.1. The molecule has 1 aromatic rings. The first-order valence-electron chi connectivity index (χ1n) is 4.92. The van der Waals surface area contributed by atoms with Gasteiger partial charge < -0.3 is 16.8 Å². The first-order valence-corrected chi connectivity index (χ1v) is 5.71. The summed E-state index contributed by atoms with van der Waals surface area (Å²) in [6, 6.07) is 5.52. The number of hydrogen-bond donors (Lipinski definition) is 3. The van der Waals surface area contributed by atoms with E-state index in [1.54, 1.807) is 19.9 Å². The van der Waals surface area contributed by atoms with Crippen LogP contribution in [0.25, 0.3) is 0 Å². The molecule has 1 amide bonds. The molecule has 0 radical (unpaired) electrons. The summed E-state index contributed by atoms with van der Waals surface area (Å²) in [6.07, 6.45) is 0. The van der Waals surface area contributed by atoms with E-state index in [2.05, 4.69) is 21.2 Å². The van der Waals surface area contributed by atoms with E-state index in [9.17, 15) is 4.79 Å². The lowest BCUT2D eigenvalue weighted by Crippen LogP contribution is -2.37. The Labute approximate surface area is 104 Å². The van der Waals surface area contributed by atoms with Gasteiger partial charge in [-0.25, -0.2) is 0 Å². The minimum atomic E-state index is -0.602. The van der Waals surface area contributed by atoms with E-state index in [-0.39, 0.29) is 5.91 Å². The van der Waals surface area contributed by atoms with E-state index in [0.29, 0.717) is 12.2 Å². The number of nitrogens with one attached hydrogen (secondary N) is 1. The predicted molar refractivity (Wildman–Crippen MR) is 70.0 cm³/mol. The van der Waals surface area contributed by atoms with Crippen molar-refractivity contribution in [2.24, 2.45) is 11.1 Å². The number of anilines is 2. The van der Waals surface area contributed by atoms with Crippen LogP contribution in [0.4, 0.5) is 11.4 Å². The van der Waals surface area contributed by atoms with Crippen LogP contribution >= 0.6 is 15.9 Å². The number of benzene rings is 1. The minimum Gasteiger partial charge on any atom is -0.397 e. The van der Waals surface area contributed by atoms with Crippen molar-refractivity contribution in [2.45, 2.75) is 13.8 Å². The average molecular weight is 286 g/mol.